The lowest BCUT2D eigenvalue weighted by Gasteiger charge is -2.07. The van der Waals surface area contributed by atoms with Gasteiger partial charge in [0, 0.05) is 6.54 Å². The standard InChI is InChI=1S/C19H18FN3O/c1-13-7-9-15(10-8-13)11-21-19(24)16-12-22-23(14(16)2)18-6-4-3-5-17(18)20/h3-10,12H,11H2,1-2H3,(H,21,24). The van der Waals surface area contributed by atoms with Crippen LogP contribution in [0.4, 0.5) is 4.39 Å². The highest BCUT2D eigenvalue weighted by atomic mass is 19.1. The van der Waals surface area contributed by atoms with Crippen LogP contribution in [-0.4, -0.2) is 15.7 Å². The molecule has 24 heavy (non-hydrogen) atoms. The van der Waals surface area contributed by atoms with Crippen molar-refractivity contribution in [3.8, 4) is 5.69 Å². The quantitative estimate of drug-likeness (QED) is 0.798. The van der Waals surface area contributed by atoms with Crippen LogP contribution in [0.5, 0.6) is 0 Å². The van der Waals surface area contributed by atoms with Gasteiger partial charge in [0.2, 0.25) is 0 Å². The van der Waals surface area contributed by atoms with E-state index < -0.39 is 0 Å². The lowest BCUT2D eigenvalue weighted by atomic mass is 10.1. The van der Waals surface area contributed by atoms with Gasteiger partial charge in [0.05, 0.1) is 17.5 Å². The third kappa shape index (κ3) is 3.20. The predicted octanol–water partition coefficient (Wildman–Crippen LogP) is 3.56. The molecule has 4 nitrogen and oxygen atoms in total. The lowest BCUT2D eigenvalue weighted by molar-refractivity contribution is 0.0950. The Labute approximate surface area is 139 Å². The number of benzene rings is 2. The zero-order chi connectivity index (χ0) is 17.1. The van der Waals surface area contributed by atoms with Crippen LogP contribution in [0.25, 0.3) is 5.69 Å². The Balaban J connectivity index is 1.77. The number of para-hydroxylation sites is 1. The molecule has 3 aromatic rings. The molecule has 1 amide bonds. The molecule has 0 aliphatic heterocycles. The molecule has 0 radical (unpaired) electrons. The van der Waals surface area contributed by atoms with Gasteiger partial charge < -0.3 is 5.32 Å². The van der Waals surface area contributed by atoms with Crippen LogP contribution in [-0.2, 0) is 6.54 Å². The molecule has 0 aliphatic rings. The van der Waals surface area contributed by atoms with E-state index in [2.05, 4.69) is 10.4 Å². The summed E-state index contributed by atoms with van der Waals surface area (Å²) >= 11 is 0. The lowest BCUT2D eigenvalue weighted by Crippen LogP contribution is -2.23. The van der Waals surface area contributed by atoms with Crippen molar-refractivity contribution in [2.45, 2.75) is 20.4 Å². The van der Waals surface area contributed by atoms with Crippen molar-refractivity contribution in [1.82, 2.24) is 15.1 Å². The van der Waals surface area contributed by atoms with Crippen molar-refractivity contribution in [2.75, 3.05) is 0 Å². The van der Waals surface area contributed by atoms with E-state index in [1.165, 1.54) is 22.5 Å². The number of rotatable bonds is 4. The molecule has 3 rings (SSSR count). The number of halogens is 1. The fraction of sp³-hybridized carbons (Fsp3) is 0.158. The van der Waals surface area contributed by atoms with Crippen LogP contribution < -0.4 is 5.32 Å². The van der Waals surface area contributed by atoms with Crippen molar-refractivity contribution >= 4 is 5.91 Å². The Morgan fingerprint density at radius 3 is 2.54 bits per heavy atom. The molecule has 2 aromatic carbocycles. The van der Waals surface area contributed by atoms with Crippen molar-refractivity contribution in [2.24, 2.45) is 0 Å². The van der Waals surface area contributed by atoms with E-state index in [1.54, 1.807) is 25.1 Å². The van der Waals surface area contributed by atoms with Crippen LogP contribution in [0.2, 0.25) is 0 Å². The molecule has 0 atom stereocenters. The van der Waals surface area contributed by atoms with E-state index >= 15 is 0 Å². The number of aromatic nitrogens is 2. The first-order chi connectivity index (χ1) is 11.6. The minimum absolute atomic E-state index is 0.226. The minimum atomic E-state index is -0.379. The molecule has 5 heteroatoms. The molecule has 0 unspecified atom stereocenters. The van der Waals surface area contributed by atoms with E-state index in [0.717, 1.165) is 5.56 Å². The maximum atomic E-state index is 13.9. The molecule has 122 valence electrons. The van der Waals surface area contributed by atoms with Crippen molar-refractivity contribution in [3.05, 3.63) is 82.9 Å². The fourth-order valence-corrected chi connectivity index (χ4v) is 2.48. The molecule has 1 heterocycles. The molecule has 1 N–H and O–H groups in total. The van der Waals surface area contributed by atoms with Gasteiger partial charge in [-0.1, -0.05) is 42.0 Å². The maximum absolute atomic E-state index is 13.9. The monoisotopic (exact) mass is 323 g/mol. The number of carbonyl (C=O) groups excluding carboxylic acids is 1. The maximum Gasteiger partial charge on any atom is 0.255 e. The molecule has 1 aromatic heterocycles. The minimum Gasteiger partial charge on any atom is -0.348 e. The zero-order valence-electron chi connectivity index (χ0n) is 13.6. The number of amides is 1. The van der Waals surface area contributed by atoms with Crippen molar-refractivity contribution < 1.29 is 9.18 Å². The van der Waals surface area contributed by atoms with E-state index in [9.17, 15) is 9.18 Å². The average Bonchev–Trinajstić information content (AvgIpc) is 2.96. The van der Waals surface area contributed by atoms with Gasteiger partial charge in [0.15, 0.2) is 0 Å². The summed E-state index contributed by atoms with van der Waals surface area (Å²) in [6, 6.07) is 14.3. The molecule has 0 aliphatic carbocycles. The second kappa shape index (κ2) is 6.66. The van der Waals surface area contributed by atoms with Gasteiger partial charge in [-0.15, -0.1) is 0 Å². The molecule has 0 fully saturated rings. The highest BCUT2D eigenvalue weighted by molar-refractivity contribution is 5.95. The van der Waals surface area contributed by atoms with E-state index in [-0.39, 0.29) is 11.7 Å². The summed E-state index contributed by atoms with van der Waals surface area (Å²) in [5, 5.41) is 7.02. The van der Waals surface area contributed by atoms with Crippen molar-refractivity contribution in [1.29, 1.82) is 0 Å². The first kappa shape index (κ1) is 15.9. The molecular weight excluding hydrogens is 305 g/mol. The number of nitrogens with one attached hydrogen (secondary N) is 1. The van der Waals surface area contributed by atoms with Gasteiger partial charge >= 0.3 is 0 Å². The zero-order valence-corrected chi connectivity index (χ0v) is 13.6. The molecule has 0 saturated heterocycles. The summed E-state index contributed by atoms with van der Waals surface area (Å²) in [4.78, 5) is 12.4. The Morgan fingerprint density at radius 1 is 1.12 bits per heavy atom. The third-order valence-corrected chi connectivity index (χ3v) is 3.91. The highest BCUT2D eigenvalue weighted by Gasteiger charge is 2.16. The normalized spacial score (nSPS) is 10.6. The summed E-state index contributed by atoms with van der Waals surface area (Å²) in [6.07, 6.45) is 1.46. The van der Waals surface area contributed by atoms with Crippen molar-refractivity contribution in [3.63, 3.8) is 0 Å². The smallest absolute Gasteiger partial charge is 0.255 e. The van der Waals surface area contributed by atoms with Crippen LogP contribution in [0.3, 0.4) is 0 Å². The summed E-state index contributed by atoms with van der Waals surface area (Å²) in [6.45, 7) is 4.20. The van der Waals surface area contributed by atoms with Crippen LogP contribution in [0.1, 0.15) is 27.2 Å². The number of hydrogen-bond donors (Lipinski definition) is 1. The Hall–Kier alpha value is -2.95. The fourth-order valence-electron chi connectivity index (χ4n) is 2.48. The highest BCUT2D eigenvalue weighted by Crippen LogP contribution is 2.17. The van der Waals surface area contributed by atoms with Gasteiger partial charge in [-0.3, -0.25) is 4.79 Å². The summed E-state index contributed by atoms with van der Waals surface area (Å²) < 4.78 is 15.3. The molecular formula is C19H18FN3O. The Kier molecular flexibility index (Phi) is 4.42. The number of hydrogen-bond acceptors (Lipinski definition) is 2. The number of aryl methyl sites for hydroxylation is 1. The summed E-state index contributed by atoms with van der Waals surface area (Å²) in [5.41, 5.74) is 3.56. The van der Waals surface area contributed by atoms with E-state index in [0.29, 0.717) is 23.5 Å². The second-order valence-corrected chi connectivity index (χ2v) is 5.68. The van der Waals surface area contributed by atoms with E-state index in [4.69, 9.17) is 0 Å². The number of carbonyl (C=O) groups is 1. The SMILES string of the molecule is Cc1ccc(CNC(=O)c2cnn(-c3ccccc3F)c2C)cc1. The largest absolute Gasteiger partial charge is 0.348 e. The van der Waals surface area contributed by atoms with Gasteiger partial charge in [0.25, 0.3) is 5.91 Å². The first-order valence-electron chi connectivity index (χ1n) is 7.69. The first-order valence-corrected chi connectivity index (χ1v) is 7.69. The van der Waals surface area contributed by atoms with Crippen LogP contribution >= 0.6 is 0 Å². The van der Waals surface area contributed by atoms with E-state index in [1.807, 2.05) is 31.2 Å². The summed E-state index contributed by atoms with van der Waals surface area (Å²) in [5.74, 6) is -0.606. The van der Waals surface area contributed by atoms with Gasteiger partial charge in [-0.25, -0.2) is 9.07 Å². The summed E-state index contributed by atoms with van der Waals surface area (Å²) in [7, 11) is 0. The number of nitrogens with zero attached hydrogens (tertiary/aromatic N) is 2. The van der Waals surface area contributed by atoms with Crippen LogP contribution in [0, 0.1) is 19.7 Å². The predicted molar refractivity (Wildman–Crippen MR) is 90.6 cm³/mol. The second-order valence-electron chi connectivity index (χ2n) is 5.68. The van der Waals surface area contributed by atoms with Gasteiger partial charge in [0.1, 0.15) is 11.5 Å². The van der Waals surface area contributed by atoms with Gasteiger partial charge in [-0.05, 0) is 31.5 Å². The molecule has 0 spiro atoms. The average molecular weight is 323 g/mol. The topological polar surface area (TPSA) is 46.9 Å². The molecule has 0 bridgehead atoms. The third-order valence-electron chi connectivity index (χ3n) is 3.91. The Bertz CT molecular complexity index is 869. The van der Waals surface area contributed by atoms with Gasteiger partial charge in [-0.2, -0.15) is 5.10 Å². The molecule has 0 saturated carbocycles. The van der Waals surface area contributed by atoms with Crippen LogP contribution in [0.15, 0.2) is 54.7 Å². The Morgan fingerprint density at radius 2 is 1.83 bits per heavy atom.